The van der Waals surface area contributed by atoms with E-state index in [-0.39, 0.29) is 22.1 Å². The molecule has 0 saturated heterocycles. The second-order valence-corrected chi connectivity index (χ2v) is 7.94. The molecule has 0 bridgehead atoms. The quantitative estimate of drug-likeness (QED) is 0.425. The molecule has 0 aromatic carbocycles. The van der Waals surface area contributed by atoms with E-state index in [4.69, 9.17) is 0 Å². The molecule has 3 nitrogen and oxygen atoms in total. The molecule has 16 heavy (non-hydrogen) atoms. The molecule has 1 unspecified atom stereocenters. The lowest BCUT2D eigenvalue weighted by Gasteiger charge is -2.25. The molecule has 0 aliphatic carbocycles. The zero-order valence-corrected chi connectivity index (χ0v) is 12.5. The highest BCUT2D eigenvalue weighted by Crippen LogP contribution is 2.10. The molecule has 0 radical (unpaired) electrons. The van der Waals surface area contributed by atoms with Gasteiger partial charge in [-0.3, -0.25) is 0 Å². The first-order valence-corrected chi connectivity index (χ1v) is 6.53. The van der Waals surface area contributed by atoms with E-state index < -0.39 is 0 Å². The van der Waals surface area contributed by atoms with Gasteiger partial charge in [0, 0.05) is 35.2 Å². The summed E-state index contributed by atoms with van der Waals surface area (Å²) in [6.07, 6.45) is 0. The van der Waals surface area contributed by atoms with Crippen molar-refractivity contribution < 1.29 is 5.11 Å². The summed E-state index contributed by atoms with van der Waals surface area (Å²) < 4.78 is -0.0843. The van der Waals surface area contributed by atoms with Crippen LogP contribution in [0.4, 0.5) is 0 Å². The van der Waals surface area contributed by atoms with Crippen molar-refractivity contribution in [1.29, 1.82) is 0 Å². The lowest BCUT2D eigenvalue weighted by atomic mass is 10.2. The fourth-order valence-corrected chi connectivity index (χ4v) is 1.35. The number of aliphatic hydroxyl groups is 1. The third-order valence-corrected chi connectivity index (χ3v) is 2.31. The lowest BCUT2D eigenvalue weighted by Crippen LogP contribution is -2.47. The fraction of sp³-hybridized carbons (Fsp3) is 1.00. The zero-order valence-electron chi connectivity index (χ0n) is 10.7. The van der Waals surface area contributed by atoms with Gasteiger partial charge >= 0.3 is 0 Å². The van der Waals surface area contributed by atoms with E-state index in [0.29, 0.717) is 0 Å². The number of nitrogens with one attached hydrogen (secondary N) is 2. The van der Waals surface area contributed by atoms with Gasteiger partial charge in [-0.15, -0.1) is 0 Å². The van der Waals surface area contributed by atoms with E-state index in [0.717, 1.165) is 19.6 Å². The lowest BCUT2D eigenvalue weighted by molar-refractivity contribution is 0.236. The smallest absolute Gasteiger partial charge is 0.0597 e. The van der Waals surface area contributed by atoms with Crippen LogP contribution in [0.5, 0.6) is 0 Å². The van der Waals surface area contributed by atoms with Gasteiger partial charge in [0.2, 0.25) is 0 Å². The van der Waals surface area contributed by atoms with Gasteiger partial charge in [0.1, 0.15) is 0 Å². The van der Waals surface area contributed by atoms with E-state index >= 15 is 0 Å². The van der Waals surface area contributed by atoms with Crippen LogP contribution in [-0.4, -0.2) is 46.9 Å². The molecule has 0 aromatic rings. The van der Waals surface area contributed by atoms with Gasteiger partial charge in [0.25, 0.3) is 0 Å². The number of hydrogen-bond acceptors (Lipinski definition) is 5. The van der Waals surface area contributed by atoms with Gasteiger partial charge in [0.15, 0.2) is 0 Å². The predicted molar refractivity (Wildman–Crippen MR) is 77.9 cm³/mol. The molecular weight excluding hydrogens is 240 g/mol. The summed E-state index contributed by atoms with van der Waals surface area (Å²) in [4.78, 5) is 0. The molecule has 0 aromatic heterocycles. The topological polar surface area (TPSA) is 44.3 Å². The molecule has 3 N–H and O–H groups in total. The summed E-state index contributed by atoms with van der Waals surface area (Å²) >= 11 is 8.86. The number of aliphatic hydroxyl groups excluding tert-OH is 1. The van der Waals surface area contributed by atoms with Crippen molar-refractivity contribution in [2.24, 2.45) is 0 Å². The second-order valence-electron chi connectivity index (χ2n) is 5.52. The Bertz CT molecular complexity index is 187. The number of hydrogen-bond donors (Lipinski definition) is 5. The largest absolute Gasteiger partial charge is 0.395 e. The fourth-order valence-electron chi connectivity index (χ4n) is 1.15. The van der Waals surface area contributed by atoms with E-state index in [1.807, 2.05) is 13.8 Å². The minimum atomic E-state index is -0.0593. The van der Waals surface area contributed by atoms with Crippen LogP contribution in [0.2, 0.25) is 0 Å². The van der Waals surface area contributed by atoms with Gasteiger partial charge in [-0.05, 0) is 27.7 Å². The molecule has 0 heterocycles. The van der Waals surface area contributed by atoms with Crippen LogP contribution in [0.1, 0.15) is 27.7 Å². The normalized spacial score (nSPS) is 15.2. The Balaban J connectivity index is 3.76. The molecule has 0 fully saturated rings. The van der Waals surface area contributed by atoms with Gasteiger partial charge in [0.05, 0.1) is 6.61 Å². The Morgan fingerprint density at radius 2 is 1.56 bits per heavy atom. The van der Waals surface area contributed by atoms with Crippen LogP contribution in [0.15, 0.2) is 0 Å². The van der Waals surface area contributed by atoms with Gasteiger partial charge in [-0.1, -0.05) is 0 Å². The van der Waals surface area contributed by atoms with Crippen LogP contribution >= 0.6 is 25.3 Å². The van der Waals surface area contributed by atoms with Gasteiger partial charge in [-0.2, -0.15) is 25.3 Å². The highest BCUT2D eigenvalue weighted by atomic mass is 32.1. The minimum absolute atomic E-state index is 0.0250. The van der Waals surface area contributed by atoms with Crippen LogP contribution < -0.4 is 10.6 Å². The molecule has 0 saturated carbocycles. The van der Waals surface area contributed by atoms with E-state index in [9.17, 15) is 5.11 Å². The molecule has 0 rings (SSSR count). The summed E-state index contributed by atoms with van der Waals surface area (Å²) in [5.41, 5.74) is 0. The Morgan fingerprint density at radius 1 is 1.06 bits per heavy atom. The van der Waals surface area contributed by atoms with Gasteiger partial charge < -0.3 is 15.7 Å². The zero-order chi connectivity index (χ0) is 12.8. The highest BCUT2D eigenvalue weighted by molar-refractivity contribution is 7.82. The maximum absolute atomic E-state index is 9.21. The average molecular weight is 266 g/mol. The van der Waals surface area contributed by atoms with Crippen LogP contribution in [0.3, 0.4) is 0 Å². The van der Waals surface area contributed by atoms with Crippen molar-refractivity contribution in [2.45, 2.75) is 43.2 Å². The Hall–Kier alpha value is 0.580. The van der Waals surface area contributed by atoms with Crippen molar-refractivity contribution in [3.05, 3.63) is 0 Å². The molecular formula is C11H26N2OS2. The molecule has 1 atom stereocenters. The third kappa shape index (κ3) is 11.1. The molecule has 0 aliphatic heterocycles. The Kier molecular flexibility index (Phi) is 7.37. The Morgan fingerprint density at radius 3 is 1.94 bits per heavy atom. The highest BCUT2D eigenvalue weighted by Gasteiger charge is 2.16. The maximum Gasteiger partial charge on any atom is 0.0597 e. The third-order valence-electron chi connectivity index (χ3n) is 1.99. The molecule has 0 amide bonds. The number of rotatable bonds is 8. The SMILES string of the molecule is CC(C)(S)CNCC(CO)NCC(C)(C)S. The molecule has 5 heteroatoms. The summed E-state index contributed by atoms with van der Waals surface area (Å²) in [6, 6.07) is 0.0714. The molecule has 0 aliphatic rings. The van der Waals surface area contributed by atoms with Gasteiger partial charge in [-0.25, -0.2) is 0 Å². The first-order chi connectivity index (χ1) is 7.14. The monoisotopic (exact) mass is 266 g/mol. The maximum atomic E-state index is 9.21. The average Bonchev–Trinajstić information content (AvgIpc) is 2.07. The summed E-state index contributed by atoms with van der Waals surface area (Å²) in [5.74, 6) is 0. The van der Waals surface area contributed by atoms with Crippen molar-refractivity contribution >= 4 is 25.3 Å². The van der Waals surface area contributed by atoms with Crippen LogP contribution in [-0.2, 0) is 0 Å². The predicted octanol–water partition coefficient (Wildman–Crippen LogP) is 0.943. The first kappa shape index (κ1) is 16.6. The van der Waals surface area contributed by atoms with Crippen molar-refractivity contribution in [3.63, 3.8) is 0 Å². The van der Waals surface area contributed by atoms with Crippen molar-refractivity contribution in [3.8, 4) is 0 Å². The van der Waals surface area contributed by atoms with E-state index in [1.165, 1.54) is 0 Å². The van der Waals surface area contributed by atoms with Crippen LogP contribution in [0.25, 0.3) is 0 Å². The second kappa shape index (κ2) is 7.11. The van der Waals surface area contributed by atoms with Crippen LogP contribution in [0, 0.1) is 0 Å². The first-order valence-electron chi connectivity index (χ1n) is 5.64. The van der Waals surface area contributed by atoms with Crippen molar-refractivity contribution in [2.75, 3.05) is 26.2 Å². The minimum Gasteiger partial charge on any atom is -0.395 e. The van der Waals surface area contributed by atoms with Crippen molar-refractivity contribution in [1.82, 2.24) is 10.6 Å². The summed E-state index contributed by atoms with van der Waals surface area (Å²) in [7, 11) is 0. The van der Waals surface area contributed by atoms with E-state index in [1.54, 1.807) is 0 Å². The number of thiol groups is 2. The Labute approximate surface area is 111 Å². The van der Waals surface area contributed by atoms with E-state index in [2.05, 4.69) is 49.7 Å². The summed E-state index contributed by atoms with van der Waals surface area (Å²) in [6.45, 7) is 10.7. The molecule has 98 valence electrons. The standard InChI is InChI=1S/C11H26N2OS2/c1-10(2,15)7-12-5-9(6-14)13-8-11(3,4)16/h9,12-16H,5-8H2,1-4H3. The molecule has 0 spiro atoms. The summed E-state index contributed by atoms with van der Waals surface area (Å²) in [5, 5.41) is 15.8.